The number of ketones is 2. The van der Waals surface area contributed by atoms with E-state index in [2.05, 4.69) is 0 Å². The maximum atomic E-state index is 13.0. The number of nitrogen functional groups attached to an aromatic ring is 2. The summed E-state index contributed by atoms with van der Waals surface area (Å²) in [5, 5.41) is 30.3. The van der Waals surface area contributed by atoms with Gasteiger partial charge in [0, 0.05) is 16.9 Å². The van der Waals surface area contributed by atoms with Crippen molar-refractivity contribution in [2.45, 2.75) is 0 Å². The van der Waals surface area contributed by atoms with Crippen molar-refractivity contribution in [1.29, 1.82) is 0 Å². The smallest absolute Gasteiger partial charge is 0.200 e. The molecule has 0 aromatic heterocycles. The first-order valence-corrected chi connectivity index (χ1v) is 7.97. The van der Waals surface area contributed by atoms with Gasteiger partial charge in [-0.3, -0.25) is 9.59 Å². The molecule has 0 saturated heterocycles. The molecule has 0 heterocycles. The monoisotopic (exact) mass is 362 g/mol. The fourth-order valence-corrected chi connectivity index (χ4v) is 3.35. The zero-order valence-electron chi connectivity index (χ0n) is 13.9. The lowest BCUT2D eigenvalue weighted by atomic mass is 9.80. The molecule has 0 aliphatic heterocycles. The molecule has 0 atom stereocenters. The van der Waals surface area contributed by atoms with Crippen LogP contribution in [0.25, 0.3) is 11.1 Å². The number of carbonyl (C=O) groups excluding carboxylic acids is 2. The predicted octanol–water partition coefficient (Wildman–Crippen LogP) is 2.41. The second kappa shape index (κ2) is 5.50. The van der Waals surface area contributed by atoms with E-state index in [0.29, 0.717) is 5.56 Å². The van der Waals surface area contributed by atoms with Crippen LogP contribution in [0.1, 0.15) is 31.8 Å². The zero-order chi connectivity index (χ0) is 19.5. The van der Waals surface area contributed by atoms with Crippen LogP contribution < -0.4 is 11.5 Å². The third kappa shape index (κ3) is 2.22. The Labute approximate surface area is 153 Å². The Balaban J connectivity index is 2.04. The molecule has 3 aromatic rings. The number of anilines is 2. The van der Waals surface area contributed by atoms with Gasteiger partial charge in [-0.1, -0.05) is 12.1 Å². The molecule has 0 amide bonds. The average Bonchev–Trinajstić information content (AvgIpc) is 2.63. The van der Waals surface area contributed by atoms with Crippen molar-refractivity contribution in [3.63, 3.8) is 0 Å². The fraction of sp³-hybridized carbons (Fsp3) is 0. The van der Waals surface area contributed by atoms with Gasteiger partial charge in [0.25, 0.3) is 0 Å². The fourth-order valence-electron chi connectivity index (χ4n) is 3.35. The molecule has 0 spiro atoms. The number of aromatic hydroxyl groups is 3. The van der Waals surface area contributed by atoms with Crippen LogP contribution in [0.5, 0.6) is 17.2 Å². The highest BCUT2D eigenvalue weighted by Gasteiger charge is 2.38. The van der Waals surface area contributed by atoms with Gasteiger partial charge in [-0.2, -0.15) is 0 Å². The number of fused-ring (bicyclic) bond motifs is 2. The van der Waals surface area contributed by atoms with Crippen molar-refractivity contribution in [1.82, 2.24) is 0 Å². The second-order valence-electron chi connectivity index (χ2n) is 6.24. The van der Waals surface area contributed by atoms with E-state index in [0.717, 1.165) is 0 Å². The molecular weight excluding hydrogens is 348 g/mol. The highest BCUT2D eigenvalue weighted by atomic mass is 16.3. The van der Waals surface area contributed by atoms with Crippen LogP contribution in [0.3, 0.4) is 0 Å². The summed E-state index contributed by atoms with van der Waals surface area (Å²) in [6.45, 7) is 0. The number of rotatable bonds is 1. The first kappa shape index (κ1) is 16.5. The number of hydrogen-bond donors (Lipinski definition) is 5. The highest BCUT2D eigenvalue weighted by molar-refractivity contribution is 6.33. The summed E-state index contributed by atoms with van der Waals surface area (Å²) in [5.41, 5.74) is 11.8. The Bertz CT molecular complexity index is 1150. The molecule has 4 rings (SSSR count). The molecule has 0 saturated carbocycles. The molecule has 7 nitrogen and oxygen atoms in total. The van der Waals surface area contributed by atoms with Gasteiger partial charge < -0.3 is 26.8 Å². The van der Waals surface area contributed by atoms with Crippen LogP contribution in [0.4, 0.5) is 11.4 Å². The topological polar surface area (TPSA) is 147 Å². The van der Waals surface area contributed by atoms with Crippen molar-refractivity contribution in [3.05, 3.63) is 64.7 Å². The lowest BCUT2D eigenvalue weighted by Crippen LogP contribution is -2.24. The van der Waals surface area contributed by atoms with Crippen molar-refractivity contribution in [2.75, 3.05) is 11.5 Å². The minimum Gasteiger partial charge on any atom is -0.508 e. The Morgan fingerprint density at radius 2 is 1.26 bits per heavy atom. The molecule has 134 valence electrons. The number of hydrogen-bond acceptors (Lipinski definition) is 7. The summed E-state index contributed by atoms with van der Waals surface area (Å²) >= 11 is 0. The van der Waals surface area contributed by atoms with Gasteiger partial charge in [0.2, 0.25) is 11.6 Å². The van der Waals surface area contributed by atoms with Gasteiger partial charge in [0.15, 0.2) is 0 Å². The zero-order valence-corrected chi connectivity index (χ0v) is 13.9. The normalized spacial score (nSPS) is 12.6. The van der Waals surface area contributed by atoms with E-state index in [-0.39, 0.29) is 50.7 Å². The second-order valence-corrected chi connectivity index (χ2v) is 6.24. The van der Waals surface area contributed by atoms with E-state index >= 15 is 0 Å². The summed E-state index contributed by atoms with van der Waals surface area (Å²) < 4.78 is 0. The molecule has 7 heteroatoms. The van der Waals surface area contributed by atoms with Crippen LogP contribution in [-0.4, -0.2) is 26.9 Å². The number of carbonyl (C=O) groups is 2. The van der Waals surface area contributed by atoms with Crippen LogP contribution in [0.15, 0.2) is 42.5 Å². The molecule has 1 aliphatic rings. The third-order valence-electron chi connectivity index (χ3n) is 4.63. The predicted molar refractivity (Wildman–Crippen MR) is 99.0 cm³/mol. The van der Waals surface area contributed by atoms with Crippen LogP contribution in [0, 0.1) is 0 Å². The van der Waals surface area contributed by atoms with Crippen LogP contribution >= 0.6 is 0 Å². The van der Waals surface area contributed by atoms with Gasteiger partial charge in [-0.05, 0) is 35.9 Å². The molecule has 1 aliphatic carbocycles. The number of phenolic OH excluding ortho intramolecular Hbond substituents is 3. The number of benzene rings is 3. The molecule has 27 heavy (non-hydrogen) atoms. The van der Waals surface area contributed by atoms with E-state index in [1.165, 1.54) is 30.3 Å². The lowest BCUT2D eigenvalue weighted by molar-refractivity contribution is 0.0975. The molecule has 0 unspecified atom stereocenters. The molecule has 0 fully saturated rings. The molecule has 7 N–H and O–H groups in total. The Morgan fingerprint density at radius 3 is 1.93 bits per heavy atom. The van der Waals surface area contributed by atoms with E-state index in [1.807, 2.05) is 0 Å². The summed E-state index contributed by atoms with van der Waals surface area (Å²) in [6, 6.07) is 9.84. The average molecular weight is 362 g/mol. The Kier molecular flexibility index (Phi) is 3.35. The molecule has 3 aromatic carbocycles. The van der Waals surface area contributed by atoms with Crippen LogP contribution in [-0.2, 0) is 0 Å². The minimum atomic E-state index is -0.696. The van der Waals surface area contributed by atoms with Crippen molar-refractivity contribution >= 4 is 22.9 Å². The van der Waals surface area contributed by atoms with Gasteiger partial charge in [0.1, 0.15) is 17.2 Å². The van der Waals surface area contributed by atoms with Gasteiger partial charge in [0.05, 0.1) is 22.3 Å². The summed E-state index contributed by atoms with van der Waals surface area (Å²) in [4.78, 5) is 25.9. The molecule has 0 bridgehead atoms. The first-order chi connectivity index (χ1) is 12.8. The van der Waals surface area contributed by atoms with Gasteiger partial charge >= 0.3 is 0 Å². The highest BCUT2D eigenvalue weighted by Crippen LogP contribution is 2.45. The van der Waals surface area contributed by atoms with E-state index in [1.54, 1.807) is 12.1 Å². The number of phenols is 3. The SMILES string of the molecule is Nc1ccc(O)c2c1C(=O)c1c(O)c(-c3ccc(O)cc3)cc(N)c1C2=O. The minimum absolute atomic E-state index is 0.0137. The van der Waals surface area contributed by atoms with Crippen LogP contribution in [0.2, 0.25) is 0 Å². The van der Waals surface area contributed by atoms with Crippen molar-refractivity contribution < 1.29 is 24.9 Å². The van der Waals surface area contributed by atoms with E-state index in [4.69, 9.17) is 11.5 Å². The lowest BCUT2D eigenvalue weighted by Gasteiger charge is -2.23. The van der Waals surface area contributed by atoms with E-state index in [9.17, 15) is 24.9 Å². The quantitative estimate of drug-likeness (QED) is 0.258. The molecular formula is C20H14N2O5. The maximum absolute atomic E-state index is 13.0. The Morgan fingerprint density at radius 1 is 0.667 bits per heavy atom. The van der Waals surface area contributed by atoms with Gasteiger partial charge in [-0.25, -0.2) is 0 Å². The first-order valence-electron chi connectivity index (χ1n) is 7.97. The summed E-state index contributed by atoms with van der Waals surface area (Å²) in [6.07, 6.45) is 0. The maximum Gasteiger partial charge on any atom is 0.200 e. The summed E-state index contributed by atoms with van der Waals surface area (Å²) in [5.74, 6) is -2.15. The number of nitrogens with two attached hydrogens (primary N) is 2. The standard InChI is InChI=1S/C20H14N2O5/c21-11-5-6-13(24)16-14(11)20(27)17-15(19(16)26)12(22)7-10(18(17)25)8-1-3-9(23)4-2-8/h1-7,23-25H,21-22H2. The van der Waals surface area contributed by atoms with Crippen molar-refractivity contribution in [3.8, 4) is 28.4 Å². The molecule has 0 radical (unpaired) electrons. The van der Waals surface area contributed by atoms with Gasteiger partial charge in [-0.15, -0.1) is 0 Å². The third-order valence-corrected chi connectivity index (χ3v) is 4.63. The van der Waals surface area contributed by atoms with E-state index < -0.39 is 17.3 Å². The largest absolute Gasteiger partial charge is 0.508 e. The summed E-state index contributed by atoms with van der Waals surface area (Å²) in [7, 11) is 0. The van der Waals surface area contributed by atoms with Crippen molar-refractivity contribution in [2.24, 2.45) is 0 Å². The Hall–Kier alpha value is -4.00.